The number of rotatable bonds is 2. The Bertz CT molecular complexity index is 1390. The highest BCUT2D eigenvalue weighted by Crippen LogP contribution is 2.64. The molecule has 2 bridgehead atoms. The minimum Gasteiger partial charge on any atom is -0.507 e. The summed E-state index contributed by atoms with van der Waals surface area (Å²) in [6.07, 6.45) is 1.71. The van der Waals surface area contributed by atoms with Crippen molar-refractivity contribution in [2.45, 2.75) is 38.2 Å². The molecule has 1 N–H and O–H groups in total. The summed E-state index contributed by atoms with van der Waals surface area (Å²) in [6.45, 7) is 4.21. The third kappa shape index (κ3) is 2.43. The van der Waals surface area contributed by atoms with E-state index in [1.165, 1.54) is 0 Å². The van der Waals surface area contributed by atoms with E-state index in [9.17, 15) is 9.90 Å². The molecule has 3 nitrogen and oxygen atoms in total. The fraction of sp³-hybridized carbons (Fsp3) is 0.250. The van der Waals surface area contributed by atoms with E-state index in [1.54, 1.807) is 0 Å². The monoisotopic (exact) mass is 408 g/mol. The number of benzene rings is 4. The molecule has 31 heavy (non-hydrogen) atoms. The van der Waals surface area contributed by atoms with E-state index >= 15 is 0 Å². The lowest BCUT2D eigenvalue weighted by molar-refractivity contribution is -0.0355. The molecule has 0 aromatic heterocycles. The van der Waals surface area contributed by atoms with Crippen LogP contribution in [0.1, 0.15) is 52.7 Å². The highest BCUT2D eigenvalue weighted by molar-refractivity contribution is 5.97. The molecule has 154 valence electrons. The average molecular weight is 408 g/mol. The van der Waals surface area contributed by atoms with Crippen molar-refractivity contribution >= 4 is 27.5 Å². The molecule has 3 atom stereocenters. The Hall–Kier alpha value is -3.33. The number of aryl methyl sites for hydroxylation is 1. The molecule has 1 saturated carbocycles. The van der Waals surface area contributed by atoms with Crippen LogP contribution in [0.15, 0.2) is 66.7 Å². The Balaban J connectivity index is 1.47. The first kappa shape index (κ1) is 18.4. The molecule has 6 rings (SSSR count). The van der Waals surface area contributed by atoms with Crippen LogP contribution in [0.5, 0.6) is 5.75 Å². The van der Waals surface area contributed by atoms with Gasteiger partial charge < -0.3 is 9.84 Å². The number of hydrogen-bond donors (Lipinski definition) is 1. The third-order valence-electron chi connectivity index (χ3n) is 7.67. The second-order valence-electron chi connectivity index (χ2n) is 9.13. The molecule has 0 amide bonds. The van der Waals surface area contributed by atoms with E-state index in [1.807, 2.05) is 54.6 Å². The zero-order valence-corrected chi connectivity index (χ0v) is 17.7. The zero-order valence-electron chi connectivity index (χ0n) is 17.7. The van der Waals surface area contributed by atoms with E-state index < -0.39 is 5.60 Å². The van der Waals surface area contributed by atoms with Gasteiger partial charge in [0.25, 0.3) is 0 Å². The van der Waals surface area contributed by atoms with Crippen LogP contribution >= 0.6 is 0 Å². The van der Waals surface area contributed by atoms with Gasteiger partial charge in [-0.2, -0.15) is 0 Å². The van der Waals surface area contributed by atoms with E-state index in [0.717, 1.165) is 51.1 Å². The van der Waals surface area contributed by atoms with Gasteiger partial charge in [-0.15, -0.1) is 0 Å². The highest BCUT2D eigenvalue weighted by Gasteiger charge is 2.59. The summed E-state index contributed by atoms with van der Waals surface area (Å²) < 4.78 is 6.36. The van der Waals surface area contributed by atoms with E-state index in [4.69, 9.17) is 4.74 Å². The van der Waals surface area contributed by atoms with Gasteiger partial charge in [-0.05, 0) is 65.6 Å². The summed E-state index contributed by atoms with van der Waals surface area (Å²) >= 11 is 0. The number of ether oxygens (including phenoxy) is 1. The maximum absolute atomic E-state index is 13.3. The second-order valence-corrected chi connectivity index (χ2v) is 9.13. The number of phenolic OH excluding ortho intramolecular Hbond substituents is 1. The van der Waals surface area contributed by atoms with Crippen molar-refractivity contribution in [2.24, 2.45) is 5.92 Å². The summed E-state index contributed by atoms with van der Waals surface area (Å²) in [5, 5.41) is 15.2. The molecule has 0 spiro atoms. The van der Waals surface area contributed by atoms with Crippen LogP contribution in [0.3, 0.4) is 0 Å². The fourth-order valence-corrected chi connectivity index (χ4v) is 5.99. The summed E-state index contributed by atoms with van der Waals surface area (Å²) in [4.78, 5) is 13.3. The molecule has 0 aliphatic heterocycles. The van der Waals surface area contributed by atoms with Crippen molar-refractivity contribution in [1.29, 1.82) is 0 Å². The van der Waals surface area contributed by atoms with Crippen LogP contribution in [-0.2, 0) is 10.3 Å². The average Bonchev–Trinajstić information content (AvgIpc) is 3.21. The Morgan fingerprint density at radius 3 is 2.65 bits per heavy atom. The number of carbonyl (C=O) groups is 1. The first-order valence-corrected chi connectivity index (χ1v) is 11.0. The van der Waals surface area contributed by atoms with Gasteiger partial charge in [0, 0.05) is 22.4 Å². The van der Waals surface area contributed by atoms with Gasteiger partial charge in [0.05, 0.1) is 5.56 Å². The van der Waals surface area contributed by atoms with Crippen molar-refractivity contribution in [2.75, 3.05) is 0 Å². The molecular weight excluding hydrogens is 384 g/mol. The standard InChI is InChI=1S/C28H24O3/c1-16-6-5-9-22-23(16)15-24-25(26(22)29)21-12-13-28(24,17(21)2)31-27(30)20-11-10-18-7-3-4-8-19(18)14-20/h3-11,14-15,17,21,29H,12-13H2,1-2H3. The van der Waals surface area contributed by atoms with Gasteiger partial charge in [-0.3, -0.25) is 0 Å². The number of hydrogen-bond acceptors (Lipinski definition) is 3. The summed E-state index contributed by atoms with van der Waals surface area (Å²) in [5.41, 5.74) is 2.96. The van der Waals surface area contributed by atoms with Crippen LogP contribution in [0.2, 0.25) is 0 Å². The predicted molar refractivity (Wildman–Crippen MR) is 123 cm³/mol. The van der Waals surface area contributed by atoms with Gasteiger partial charge in [0.2, 0.25) is 0 Å². The van der Waals surface area contributed by atoms with Crippen molar-refractivity contribution < 1.29 is 14.6 Å². The summed E-state index contributed by atoms with van der Waals surface area (Å²) in [6, 6.07) is 21.9. The number of esters is 1. The second kappa shape index (κ2) is 6.34. The SMILES string of the molecule is Cc1cccc2c(O)c3c(cc12)C1(OC(=O)c2ccc4ccccc4c2)CCC3C1C. The van der Waals surface area contributed by atoms with Gasteiger partial charge >= 0.3 is 5.97 Å². The molecule has 0 saturated heterocycles. The number of aromatic hydroxyl groups is 1. The largest absolute Gasteiger partial charge is 0.507 e. The first-order valence-electron chi connectivity index (χ1n) is 11.0. The van der Waals surface area contributed by atoms with Crippen LogP contribution in [0.4, 0.5) is 0 Å². The van der Waals surface area contributed by atoms with E-state index in [0.29, 0.717) is 11.3 Å². The third-order valence-corrected chi connectivity index (χ3v) is 7.67. The van der Waals surface area contributed by atoms with Crippen LogP contribution < -0.4 is 0 Å². The molecule has 3 heteroatoms. The normalized spacial score (nSPS) is 23.9. The minimum atomic E-state index is -0.684. The lowest BCUT2D eigenvalue weighted by Gasteiger charge is -2.32. The molecule has 4 aromatic rings. The molecular formula is C28H24O3. The Labute approximate surface area is 181 Å². The van der Waals surface area contributed by atoms with Crippen molar-refractivity contribution in [3.63, 3.8) is 0 Å². The molecule has 3 unspecified atom stereocenters. The molecule has 0 radical (unpaired) electrons. The number of carbonyl (C=O) groups excluding carboxylic acids is 1. The van der Waals surface area contributed by atoms with Gasteiger partial charge in [0.15, 0.2) is 0 Å². The molecule has 1 fully saturated rings. The Morgan fingerprint density at radius 2 is 1.81 bits per heavy atom. The smallest absolute Gasteiger partial charge is 0.339 e. The van der Waals surface area contributed by atoms with Crippen molar-refractivity contribution in [3.05, 3.63) is 89.0 Å². The summed E-state index contributed by atoms with van der Waals surface area (Å²) in [5.74, 6) is 0.408. The van der Waals surface area contributed by atoms with Crippen molar-refractivity contribution in [1.82, 2.24) is 0 Å². The lowest BCUT2D eigenvalue weighted by Crippen LogP contribution is -2.33. The number of fused-ring (bicyclic) bond motifs is 7. The first-order chi connectivity index (χ1) is 15.0. The van der Waals surface area contributed by atoms with Gasteiger partial charge in [-0.25, -0.2) is 4.79 Å². The maximum Gasteiger partial charge on any atom is 0.339 e. The maximum atomic E-state index is 13.3. The quantitative estimate of drug-likeness (QED) is 0.381. The van der Waals surface area contributed by atoms with E-state index in [-0.39, 0.29) is 17.8 Å². The predicted octanol–water partition coefficient (Wildman–Crippen LogP) is 6.59. The minimum absolute atomic E-state index is 0.134. The Morgan fingerprint density at radius 1 is 1.00 bits per heavy atom. The summed E-state index contributed by atoms with van der Waals surface area (Å²) in [7, 11) is 0. The number of phenols is 1. The lowest BCUT2D eigenvalue weighted by atomic mass is 9.85. The van der Waals surface area contributed by atoms with Crippen molar-refractivity contribution in [3.8, 4) is 5.75 Å². The molecule has 2 aliphatic carbocycles. The van der Waals surface area contributed by atoms with E-state index in [2.05, 4.69) is 26.0 Å². The highest BCUT2D eigenvalue weighted by atomic mass is 16.6. The van der Waals surface area contributed by atoms with Crippen LogP contribution in [0.25, 0.3) is 21.5 Å². The molecule has 2 aliphatic rings. The van der Waals surface area contributed by atoms with Crippen LogP contribution in [0, 0.1) is 12.8 Å². The molecule has 4 aromatic carbocycles. The van der Waals surface area contributed by atoms with Gasteiger partial charge in [0.1, 0.15) is 11.4 Å². The molecule has 0 heterocycles. The fourth-order valence-electron chi connectivity index (χ4n) is 5.99. The van der Waals surface area contributed by atoms with Gasteiger partial charge in [-0.1, -0.05) is 55.5 Å². The topological polar surface area (TPSA) is 46.5 Å². The Kier molecular flexibility index (Phi) is 3.77. The van der Waals surface area contributed by atoms with Crippen LogP contribution in [-0.4, -0.2) is 11.1 Å². The zero-order chi connectivity index (χ0) is 21.3.